The molecule has 0 unspecified atom stereocenters. The van der Waals surface area contributed by atoms with Crippen LogP contribution >= 0.6 is 15.9 Å². The average molecular weight is 341 g/mol. The fourth-order valence-electron chi connectivity index (χ4n) is 1.18. The second-order valence-electron chi connectivity index (χ2n) is 3.91. The van der Waals surface area contributed by atoms with Crippen LogP contribution in [0, 0.1) is 5.82 Å². The van der Waals surface area contributed by atoms with Gasteiger partial charge in [0.25, 0.3) is 0 Å². The number of hydrogen-bond acceptors (Lipinski definition) is 4. The first kappa shape index (κ1) is 15.4. The first-order valence-corrected chi connectivity index (χ1v) is 7.35. The third-order valence-corrected chi connectivity index (χ3v) is 3.63. The lowest BCUT2D eigenvalue weighted by atomic mass is 10.3. The summed E-state index contributed by atoms with van der Waals surface area (Å²) < 4.78 is 41.4. The number of nitrogens with zero attached hydrogens (tertiary/aromatic N) is 1. The van der Waals surface area contributed by atoms with Crippen molar-refractivity contribution in [3.05, 3.63) is 22.4 Å². The molecule has 0 amide bonds. The van der Waals surface area contributed by atoms with Crippen LogP contribution in [-0.2, 0) is 10.0 Å². The van der Waals surface area contributed by atoms with E-state index >= 15 is 0 Å². The zero-order valence-electron chi connectivity index (χ0n) is 9.98. The molecule has 2 N–H and O–H groups in total. The molecule has 0 radical (unpaired) electrons. The molecule has 0 aromatic heterocycles. The van der Waals surface area contributed by atoms with Gasteiger partial charge in [-0.1, -0.05) is 0 Å². The van der Waals surface area contributed by atoms with Crippen molar-refractivity contribution in [2.75, 3.05) is 27.2 Å². The van der Waals surface area contributed by atoms with Gasteiger partial charge in [-0.15, -0.1) is 0 Å². The number of benzene rings is 1. The summed E-state index contributed by atoms with van der Waals surface area (Å²) in [6.07, 6.45) is 0. The Kier molecular flexibility index (Phi) is 5.09. The smallest absolute Gasteiger partial charge is 0.241 e. The molecule has 5 nitrogen and oxygen atoms in total. The molecule has 0 atom stereocenters. The van der Waals surface area contributed by atoms with Crippen molar-refractivity contribution in [1.82, 2.24) is 4.90 Å². The average Bonchev–Trinajstić information content (AvgIpc) is 2.20. The molecule has 0 aliphatic carbocycles. The van der Waals surface area contributed by atoms with Crippen molar-refractivity contribution < 1.29 is 17.5 Å². The van der Waals surface area contributed by atoms with Crippen LogP contribution < -0.4 is 9.88 Å². The third-order valence-electron chi connectivity index (χ3n) is 2.09. The van der Waals surface area contributed by atoms with Crippen molar-refractivity contribution in [2.45, 2.75) is 4.90 Å². The molecule has 0 bridgehead atoms. The summed E-state index contributed by atoms with van der Waals surface area (Å²) in [5.74, 6) is -0.692. The van der Waals surface area contributed by atoms with Crippen LogP contribution in [0.2, 0.25) is 0 Å². The molecule has 18 heavy (non-hydrogen) atoms. The lowest BCUT2D eigenvalue weighted by molar-refractivity contribution is 0.259. The van der Waals surface area contributed by atoms with Gasteiger partial charge < -0.3 is 9.64 Å². The summed E-state index contributed by atoms with van der Waals surface area (Å²) in [4.78, 5) is 1.34. The molecule has 0 aliphatic heterocycles. The SMILES string of the molecule is CN(C)CCOc1cc(F)c(S(N)(=O)=O)cc1Br. The standard InChI is InChI=1S/C10H14BrFN2O3S/c1-14(2)3-4-17-9-6-8(12)10(5-7(9)11)18(13,15)16/h5-6H,3-4H2,1-2H3,(H2,13,15,16). The van der Waals surface area contributed by atoms with Gasteiger partial charge in [0.2, 0.25) is 10.0 Å². The molecule has 1 aromatic rings. The Morgan fingerprint density at radius 1 is 1.44 bits per heavy atom. The Balaban J connectivity index is 2.94. The molecule has 1 rings (SSSR count). The van der Waals surface area contributed by atoms with E-state index < -0.39 is 20.7 Å². The molecule has 0 fully saturated rings. The third kappa shape index (κ3) is 4.20. The van der Waals surface area contributed by atoms with Crippen molar-refractivity contribution in [1.29, 1.82) is 0 Å². The van der Waals surface area contributed by atoms with Gasteiger partial charge >= 0.3 is 0 Å². The van der Waals surface area contributed by atoms with Crippen LogP contribution in [0.4, 0.5) is 4.39 Å². The molecule has 8 heteroatoms. The number of rotatable bonds is 5. The highest BCUT2D eigenvalue weighted by Crippen LogP contribution is 2.29. The van der Waals surface area contributed by atoms with Gasteiger partial charge in [-0.3, -0.25) is 0 Å². The summed E-state index contributed by atoms with van der Waals surface area (Å²) in [6, 6.07) is 2.09. The maximum atomic E-state index is 13.5. The number of primary sulfonamides is 1. The highest BCUT2D eigenvalue weighted by atomic mass is 79.9. The maximum Gasteiger partial charge on any atom is 0.241 e. The summed E-state index contributed by atoms with van der Waals surface area (Å²) in [6.45, 7) is 1.02. The summed E-state index contributed by atoms with van der Waals surface area (Å²) >= 11 is 3.12. The van der Waals surface area contributed by atoms with E-state index in [1.54, 1.807) is 0 Å². The van der Waals surface area contributed by atoms with E-state index in [0.29, 0.717) is 17.6 Å². The van der Waals surface area contributed by atoms with Crippen LogP contribution in [0.5, 0.6) is 5.75 Å². The summed E-state index contributed by atoms with van der Waals surface area (Å²) in [5.41, 5.74) is 0. The first-order chi connectivity index (χ1) is 8.21. The first-order valence-electron chi connectivity index (χ1n) is 5.01. The van der Waals surface area contributed by atoms with E-state index in [0.717, 1.165) is 12.1 Å². The fourth-order valence-corrected chi connectivity index (χ4v) is 2.40. The number of nitrogens with two attached hydrogens (primary N) is 1. The Bertz CT molecular complexity index is 534. The van der Waals surface area contributed by atoms with Crippen molar-refractivity contribution in [3.8, 4) is 5.75 Å². The zero-order chi connectivity index (χ0) is 13.9. The van der Waals surface area contributed by atoms with E-state index in [1.807, 2.05) is 19.0 Å². The van der Waals surface area contributed by atoms with Crippen LogP contribution in [0.3, 0.4) is 0 Å². The number of halogens is 2. The second-order valence-corrected chi connectivity index (χ2v) is 6.29. The molecular weight excluding hydrogens is 327 g/mol. The molecule has 0 saturated carbocycles. The van der Waals surface area contributed by atoms with Gasteiger partial charge in [-0.05, 0) is 36.1 Å². The number of hydrogen-bond donors (Lipinski definition) is 1. The maximum absolute atomic E-state index is 13.5. The lowest BCUT2D eigenvalue weighted by Crippen LogP contribution is -2.19. The predicted molar refractivity (Wildman–Crippen MR) is 69.5 cm³/mol. The van der Waals surface area contributed by atoms with Crippen molar-refractivity contribution in [3.63, 3.8) is 0 Å². The van der Waals surface area contributed by atoms with E-state index in [4.69, 9.17) is 9.88 Å². The fraction of sp³-hybridized carbons (Fsp3) is 0.400. The molecule has 0 saturated heterocycles. The zero-order valence-corrected chi connectivity index (χ0v) is 12.4. The number of sulfonamides is 1. The Morgan fingerprint density at radius 2 is 2.06 bits per heavy atom. The van der Waals surface area contributed by atoms with Gasteiger partial charge in [-0.25, -0.2) is 17.9 Å². The van der Waals surface area contributed by atoms with Crippen molar-refractivity contribution in [2.24, 2.45) is 5.14 Å². The quantitative estimate of drug-likeness (QED) is 0.873. The molecule has 102 valence electrons. The highest BCUT2D eigenvalue weighted by Gasteiger charge is 2.17. The van der Waals surface area contributed by atoms with Crippen LogP contribution in [0.1, 0.15) is 0 Å². The number of likely N-dealkylation sites (N-methyl/N-ethyl adjacent to an activating group) is 1. The minimum absolute atomic E-state index is 0.238. The largest absolute Gasteiger partial charge is 0.491 e. The van der Waals surface area contributed by atoms with E-state index in [2.05, 4.69) is 15.9 Å². The Hall–Kier alpha value is -0.700. The number of ether oxygens (including phenoxy) is 1. The molecule has 0 spiro atoms. The lowest BCUT2D eigenvalue weighted by Gasteiger charge is -2.13. The summed E-state index contributed by atoms with van der Waals surface area (Å²) in [7, 11) is -0.319. The normalized spacial score (nSPS) is 11.9. The monoisotopic (exact) mass is 340 g/mol. The molecular formula is C10H14BrFN2O3S. The van der Waals surface area contributed by atoms with Crippen LogP contribution in [0.15, 0.2) is 21.5 Å². The minimum atomic E-state index is -4.08. The van der Waals surface area contributed by atoms with E-state index in [1.165, 1.54) is 0 Å². The molecule has 1 aromatic carbocycles. The minimum Gasteiger partial charge on any atom is -0.491 e. The Labute approximate surface area is 114 Å². The summed E-state index contributed by atoms with van der Waals surface area (Å²) in [5, 5.41) is 4.88. The Morgan fingerprint density at radius 3 is 2.56 bits per heavy atom. The van der Waals surface area contributed by atoms with Crippen LogP contribution in [0.25, 0.3) is 0 Å². The molecule has 0 aliphatic rings. The topological polar surface area (TPSA) is 72.6 Å². The van der Waals surface area contributed by atoms with Gasteiger partial charge in [0.1, 0.15) is 23.1 Å². The molecule has 0 heterocycles. The van der Waals surface area contributed by atoms with E-state index in [9.17, 15) is 12.8 Å². The predicted octanol–water partition coefficient (Wildman–Crippen LogP) is 1.18. The van der Waals surface area contributed by atoms with Crippen LogP contribution in [-0.4, -0.2) is 40.6 Å². The van der Waals surface area contributed by atoms with Gasteiger partial charge in [-0.2, -0.15) is 0 Å². The van der Waals surface area contributed by atoms with E-state index in [-0.39, 0.29) is 5.75 Å². The van der Waals surface area contributed by atoms with Gasteiger partial charge in [0, 0.05) is 12.6 Å². The highest BCUT2D eigenvalue weighted by molar-refractivity contribution is 9.10. The second kappa shape index (κ2) is 5.96. The van der Waals surface area contributed by atoms with Crippen molar-refractivity contribution >= 4 is 26.0 Å². The van der Waals surface area contributed by atoms with Gasteiger partial charge in [0.05, 0.1) is 4.47 Å². The van der Waals surface area contributed by atoms with Gasteiger partial charge in [0.15, 0.2) is 0 Å².